The SMILES string of the molecule is COc1c(N)ncnc1-c1ccc(C)nc1. The summed E-state index contributed by atoms with van der Waals surface area (Å²) in [5.74, 6) is 0.807. The molecule has 2 rings (SSSR count). The third kappa shape index (κ3) is 1.79. The van der Waals surface area contributed by atoms with Crippen molar-refractivity contribution in [1.82, 2.24) is 15.0 Å². The van der Waals surface area contributed by atoms with Gasteiger partial charge in [-0.3, -0.25) is 4.98 Å². The second-order valence-corrected chi connectivity index (χ2v) is 3.33. The van der Waals surface area contributed by atoms with Gasteiger partial charge in [-0.05, 0) is 19.1 Å². The van der Waals surface area contributed by atoms with Gasteiger partial charge in [0.15, 0.2) is 11.6 Å². The number of nitrogen functional groups attached to an aromatic ring is 1. The third-order valence-corrected chi connectivity index (χ3v) is 2.22. The molecule has 0 aliphatic carbocycles. The Kier molecular flexibility index (Phi) is 2.68. The molecule has 2 N–H and O–H groups in total. The van der Waals surface area contributed by atoms with Crippen LogP contribution in [0.4, 0.5) is 5.82 Å². The van der Waals surface area contributed by atoms with E-state index in [1.807, 2.05) is 19.1 Å². The van der Waals surface area contributed by atoms with E-state index in [1.54, 1.807) is 13.3 Å². The van der Waals surface area contributed by atoms with E-state index in [2.05, 4.69) is 15.0 Å². The first kappa shape index (κ1) is 10.4. The molecule has 0 aliphatic heterocycles. The van der Waals surface area contributed by atoms with Crippen molar-refractivity contribution < 1.29 is 4.74 Å². The summed E-state index contributed by atoms with van der Waals surface area (Å²) in [6, 6.07) is 3.83. The van der Waals surface area contributed by atoms with Crippen molar-refractivity contribution in [3.05, 3.63) is 30.4 Å². The second-order valence-electron chi connectivity index (χ2n) is 3.33. The molecule has 2 aromatic rings. The van der Waals surface area contributed by atoms with Crippen molar-refractivity contribution in [1.29, 1.82) is 0 Å². The molecule has 0 radical (unpaired) electrons. The van der Waals surface area contributed by atoms with Crippen LogP contribution < -0.4 is 10.5 Å². The number of anilines is 1. The van der Waals surface area contributed by atoms with Gasteiger partial charge < -0.3 is 10.5 Å². The Balaban J connectivity index is 2.55. The molecule has 0 saturated heterocycles. The van der Waals surface area contributed by atoms with Crippen LogP contribution in [0.5, 0.6) is 5.75 Å². The summed E-state index contributed by atoms with van der Waals surface area (Å²) >= 11 is 0. The maximum absolute atomic E-state index is 5.70. The third-order valence-electron chi connectivity index (χ3n) is 2.22. The quantitative estimate of drug-likeness (QED) is 0.822. The van der Waals surface area contributed by atoms with E-state index in [0.29, 0.717) is 17.3 Å². The highest BCUT2D eigenvalue weighted by Crippen LogP contribution is 2.30. The van der Waals surface area contributed by atoms with Gasteiger partial charge in [-0.15, -0.1) is 0 Å². The van der Waals surface area contributed by atoms with Gasteiger partial charge in [-0.2, -0.15) is 0 Å². The minimum atomic E-state index is 0.327. The van der Waals surface area contributed by atoms with Gasteiger partial charge in [0.1, 0.15) is 12.0 Å². The number of methoxy groups -OCH3 is 1. The standard InChI is InChI=1S/C11H12N4O/c1-7-3-4-8(5-13-7)9-10(16-2)11(12)15-6-14-9/h3-6H,1-2H3,(H2,12,14,15). The van der Waals surface area contributed by atoms with E-state index in [1.165, 1.54) is 6.33 Å². The van der Waals surface area contributed by atoms with Gasteiger partial charge in [0.05, 0.1) is 7.11 Å². The first-order valence-electron chi connectivity index (χ1n) is 4.80. The molecule has 0 saturated carbocycles. The fourth-order valence-corrected chi connectivity index (χ4v) is 1.40. The van der Waals surface area contributed by atoms with Gasteiger partial charge in [0.25, 0.3) is 0 Å². The van der Waals surface area contributed by atoms with E-state index in [9.17, 15) is 0 Å². The summed E-state index contributed by atoms with van der Waals surface area (Å²) in [6.07, 6.45) is 3.15. The molecule has 82 valence electrons. The Labute approximate surface area is 93.3 Å². The fourth-order valence-electron chi connectivity index (χ4n) is 1.40. The maximum atomic E-state index is 5.70. The predicted molar refractivity (Wildman–Crippen MR) is 61.0 cm³/mol. The lowest BCUT2D eigenvalue weighted by molar-refractivity contribution is 0.415. The fraction of sp³-hybridized carbons (Fsp3) is 0.182. The van der Waals surface area contributed by atoms with Crippen LogP contribution in [0.25, 0.3) is 11.3 Å². The largest absolute Gasteiger partial charge is 0.491 e. The maximum Gasteiger partial charge on any atom is 0.187 e. The second kappa shape index (κ2) is 4.14. The van der Waals surface area contributed by atoms with Crippen molar-refractivity contribution in [3.8, 4) is 17.0 Å². The van der Waals surface area contributed by atoms with Crippen LogP contribution in [0.3, 0.4) is 0 Å². The van der Waals surface area contributed by atoms with E-state index in [0.717, 1.165) is 11.3 Å². The average molecular weight is 216 g/mol. The van der Waals surface area contributed by atoms with Gasteiger partial charge in [0, 0.05) is 17.5 Å². The van der Waals surface area contributed by atoms with Gasteiger partial charge in [-0.1, -0.05) is 0 Å². The van der Waals surface area contributed by atoms with E-state index in [-0.39, 0.29) is 0 Å². The van der Waals surface area contributed by atoms with Crippen LogP contribution >= 0.6 is 0 Å². The molecule has 0 atom stereocenters. The molecule has 0 aromatic carbocycles. The molecule has 0 amide bonds. The first-order chi connectivity index (χ1) is 7.72. The topological polar surface area (TPSA) is 73.9 Å². The molecular weight excluding hydrogens is 204 g/mol. The highest BCUT2D eigenvalue weighted by molar-refractivity contribution is 5.70. The van der Waals surface area contributed by atoms with Crippen LogP contribution in [-0.4, -0.2) is 22.1 Å². The van der Waals surface area contributed by atoms with Crippen LogP contribution in [0.2, 0.25) is 0 Å². The van der Waals surface area contributed by atoms with Crippen molar-refractivity contribution >= 4 is 5.82 Å². The highest BCUT2D eigenvalue weighted by atomic mass is 16.5. The van der Waals surface area contributed by atoms with Crippen molar-refractivity contribution in [2.75, 3.05) is 12.8 Å². The van der Waals surface area contributed by atoms with E-state index < -0.39 is 0 Å². The number of rotatable bonds is 2. The van der Waals surface area contributed by atoms with Crippen molar-refractivity contribution in [2.24, 2.45) is 0 Å². The molecule has 0 spiro atoms. The van der Waals surface area contributed by atoms with Gasteiger partial charge >= 0.3 is 0 Å². The highest BCUT2D eigenvalue weighted by Gasteiger charge is 2.11. The molecule has 5 nitrogen and oxygen atoms in total. The van der Waals surface area contributed by atoms with Crippen LogP contribution in [-0.2, 0) is 0 Å². The smallest absolute Gasteiger partial charge is 0.187 e. The molecule has 0 fully saturated rings. The minimum absolute atomic E-state index is 0.327. The lowest BCUT2D eigenvalue weighted by Crippen LogP contribution is -2.00. The van der Waals surface area contributed by atoms with Crippen LogP contribution in [0.1, 0.15) is 5.69 Å². The number of ether oxygens (including phenoxy) is 1. The zero-order valence-corrected chi connectivity index (χ0v) is 9.14. The Morgan fingerprint density at radius 3 is 2.62 bits per heavy atom. The predicted octanol–water partition coefficient (Wildman–Crippen LogP) is 1.44. The Hall–Kier alpha value is -2.17. The van der Waals surface area contributed by atoms with Gasteiger partial charge in [0.2, 0.25) is 0 Å². The number of hydrogen-bond acceptors (Lipinski definition) is 5. The number of pyridine rings is 1. The number of aromatic nitrogens is 3. The zero-order valence-electron chi connectivity index (χ0n) is 9.14. The minimum Gasteiger partial charge on any atom is -0.491 e. The normalized spacial score (nSPS) is 10.1. The summed E-state index contributed by atoms with van der Waals surface area (Å²) in [6.45, 7) is 1.93. The summed E-state index contributed by atoms with van der Waals surface area (Å²) in [5.41, 5.74) is 8.16. The molecule has 2 aromatic heterocycles. The molecule has 0 unspecified atom stereocenters. The van der Waals surface area contributed by atoms with E-state index >= 15 is 0 Å². The van der Waals surface area contributed by atoms with Gasteiger partial charge in [-0.25, -0.2) is 9.97 Å². The first-order valence-corrected chi connectivity index (χ1v) is 4.80. The molecular formula is C11H12N4O. The summed E-state index contributed by atoms with van der Waals surface area (Å²) in [5, 5.41) is 0. The number of nitrogens with two attached hydrogens (primary N) is 1. The Morgan fingerprint density at radius 1 is 1.19 bits per heavy atom. The summed E-state index contributed by atoms with van der Waals surface area (Å²) in [4.78, 5) is 12.2. The Bertz CT molecular complexity index is 496. The monoisotopic (exact) mass is 216 g/mol. The molecule has 0 bridgehead atoms. The molecule has 5 heteroatoms. The lowest BCUT2D eigenvalue weighted by Gasteiger charge is -2.08. The van der Waals surface area contributed by atoms with E-state index in [4.69, 9.17) is 10.5 Å². The zero-order chi connectivity index (χ0) is 11.5. The lowest BCUT2D eigenvalue weighted by atomic mass is 10.2. The van der Waals surface area contributed by atoms with Crippen molar-refractivity contribution in [2.45, 2.75) is 6.92 Å². The van der Waals surface area contributed by atoms with Crippen LogP contribution in [0.15, 0.2) is 24.7 Å². The summed E-state index contributed by atoms with van der Waals surface area (Å²) < 4.78 is 5.18. The Morgan fingerprint density at radius 2 is 2.00 bits per heavy atom. The van der Waals surface area contributed by atoms with Crippen molar-refractivity contribution in [3.63, 3.8) is 0 Å². The average Bonchev–Trinajstić information content (AvgIpc) is 2.30. The number of aryl methyl sites for hydroxylation is 1. The molecule has 16 heavy (non-hydrogen) atoms. The number of hydrogen-bond donors (Lipinski definition) is 1. The summed E-state index contributed by atoms with van der Waals surface area (Å²) in [7, 11) is 1.54. The molecule has 2 heterocycles. The molecule has 0 aliphatic rings. The number of nitrogens with zero attached hydrogens (tertiary/aromatic N) is 3. The van der Waals surface area contributed by atoms with Crippen LogP contribution in [0, 0.1) is 6.92 Å².